The van der Waals surface area contributed by atoms with E-state index in [9.17, 15) is 4.39 Å². The molecule has 0 saturated carbocycles. The summed E-state index contributed by atoms with van der Waals surface area (Å²) in [6.07, 6.45) is 0. The fourth-order valence-electron chi connectivity index (χ4n) is 1.70. The summed E-state index contributed by atoms with van der Waals surface area (Å²) < 4.78 is 18.7. The van der Waals surface area contributed by atoms with Crippen LogP contribution in [0.3, 0.4) is 0 Å². The van der Waals surface area contributed by atoms with Crippen LogP contribution in [0.4, 0.5) is 4.39 Å². The lowest BCUT2D eigenvalue weighted by atomic mass is 10.1. The van der Waals surface area contributed by atoms with Crippen molar-refractivity contribution in [3.8, 4) is 5.75 Å². The monoisotopic (exact) mass is 346 g/mol. The van der Waals surface area contributed by atoms with Crippen molar-refractivity contribution in [2.75, 3.05) is 0 Å². The topological polar surface area (TPSA) is 59.1 Å². The van der Waals surface area contributed by atoms with Crippen molar-refractivity contribution in [1.29, 1.82) is 5.41 Å². The number of rotatable bonds is 4. The van der Waals surface area contributed by atoms with Gasteiger partial charge in [0.15, 0.2) is 0 Å². The molecule has 21 heavy (non-hydrogen) atoms. The van der Waals surface area contributed by atoms with E-state index >= 15 is 0 Å². The van der Waals surface area contributed by atoms with Gasteiger partial charge in [-0.3, -0.25) is 5.41 Å². The summed E-state index contributed by atoms with van der Waals surface area (Å²) in [4.78, 5) is 0. The minimum absolute atomic E-state index is 0.0624. The second-order valence-electron chi connectivity index (χ2n) is 4.20. The van der Waals surface area contributed by atoms with E-state index in [4.69, 9.17) is 50.7 Å². The molecule has 0 amide bonds. The van der Waals surface area contributed by atoms with E-state index in [1.807, 2.05) is 0 Å². The highest BCUT2D eigenvalue weighted by Crippen LogP contribution is 2.34. The molecule has 0 radical (unpaired) electrons. The fraction of sp³-hybridized carbons (Fsp3) is 0.0714. The van der Waals surface area contributed by atoms with Crippen molar-refractivity contribution < 1.29 is 9.13 Å². The molecule has 0 aromatic heterocycles. The highest BCUT2D eigenvalue weighted by atomic mass is 35.5. The van der Waals surface area contributed by atoms with Gasteiger partial charge in [0.05, 0.1) is 15.1 Å². The van der Waals surface area contributed by atoms with Gasteiger partial charge in [-0.2, -0.15) is 0 Å². The average Bonchev–Trinajstić information content (AvgIpc) is 2.42. The number of ether oxygens (including phenoxy) is 1. The first kappa shape index (κ1) is 15.9. The maximum atomic E-state index is 13.2. The number of hydrogen-bond acceptors (Lipinski definition) is 2. The number of halogens is 4. The molecule has 0 aliphatic heterocycles. The van der Waals surface area contributed by atoms with Crippen LogP contribution >= 0.6 is 34.8 Å². The van der Waals surface area contributed by atoms with Crippen molar-refractivity contribution in [2.24, 2.45) is 5.73 Å². The first-order valence-electron chi connectivity index (χ1n) is 5.78. The van der Waals surface area contributed by atoms with Crippen LogP contribution in [0.25, 0.3) is 0 Å². The predicted octanol–water partition coefficient (Wildman–Crippen LogP) is 4.65. The smallest absolute Gasteiger partial charge is 0.139 e. The van der Waals surface area contributed by atoms with Crippen LogP contribution in [0.2, 0.25) is 15.1 Å². The highest BCUT2D eigenvalue weighted by molar-refractivity contribution is 6.43. The molecule has 0 spiro atoms. The molecule has 3 N–H and O–H groups in total. The van der Waals surface area contributed by atoms with E-state index in [0.29, 0.717) is 26.4 Å². The maximum absolute atomic E-state index is 13.2. The normalized spacial score (nSPS) is 10.5. The van der Waals surface area contributed by atoms with Gasteiger partial charge in [-0.05, 0) is 18.2 Å². The lowest BCUT2D eigenvalue weighted by molar-refractivity contribution is 0.306. The van der Waals surface area contributed by atoms with Gasteiger partial charge >= 0.3 is 0 Å². The Hall–Kier alpha value is -1.49. The largest absolute Gasteiger partial charge is 0.487 e. The lowest BCUT2D eigenvalue weighted by Crippen LogP contribution is -2.15. The summed E-state index contributed by atoms with van der Waals surface area (Å²) in [5.74, 6) is -0.380. The van der Waals surface area contributed by atoms with Crippen LogP contribution in [0, 0.1) is 11.2 Å². The molecule has 0 fully saturated rings. The van der Waals surface area contributed by atoms with Gasteiger partial charge in [0.25, 0.3) is 0 Å². The Balaban J connectivity index is 2.25. The van der Waals surface area contributed by atoms with Crippen molar-refractivity contribution in [2.45, 2.75) is 6.61 Å². The maximum Gasteiger partial charge on any atom is 0.139 e. The van der Waals surface area contributed by atoms with Crippen LogP contribution in [0.1, 0.15) is 11.1 Å². The van der Waals surface area contributed by atoms with Gasteiger partial charge in [-0.1, -0.05) is 40.9 Å². The van der Waals surface area contributed by atoms with Crippen molar-refractivity contribution in [3.63, 3.8) is 0 Å². The molecule has 0 aliphatic rings. The summed E-state index contributed by atoms with van der Waals surface area (Å²) >= 11 is 17.7. The molecule has 3 nitrogen and oxygen atoms in total. The molecule has 0 unspecified atom stereocenters. The standard InChI is InChI=1S/C14H10Cl3FN2O/c15-10-4-12(17)13(5-11(10)16)21-6-7-1-2-8(18)3-9(7)14(19)20/h1-5H,6H2,(H3,19,20). The van der Waals surface area contributed by atoms with E-state index in [-0.39, 0.29) is 18.0 Å². The zero-order valence-electron chi connectivity index (χ0n) is 10.6. The molecule has 0 saturated heterocycles. The molecule has 0 heterocycles. The summed E-state index contributed by atoms with van der Waals surface area (Å²) in [5.41, 5.74) is 6.25. The molecular weight excluding hydrogens is 338 g/mol. The molecule has 0 bridgehead atoms. The summed E-state index contributed by atoms with van der Waals surface area (Å²) in [7, 11) is 0. The van der Waals surface area contributed by atoms with Gasteiger partial charge in [0.1, 0.15) is 24.0 Å². The van der Waals surface area contributed by atoms with E-state index in [2.05, 4.69) is 0 Å². The van der Waals surface area contributed by atoms with Crippen LogP contribution in [0.15, 0.2) is 30.3 Å². The molecular formula is C14H10Cl3FN2O. The van der Waals surface area contributed by atoms with Crippen LogP contribution in [-0.2, 0) is 6.61 Å². The zero-order chi connectivity index (χ0) is 15.6. The molecule has 2 rings (SSSR count). The molecule has 2 aromatic rings. The van der Waals surface area contributed by atoms with Crippen molar-refractivity contribution >= 4 is 40.6 Å². The fourth-order valence-corrected chi connectivity index (χ4v) is 2.29. The summed E-state index contributed by atoms with van der Waals surface area (Å²) in [6, 6.07) is 6.90. The second kappa shape index (κ2) is 6.52. The van der Waals surface area contributed by atoms with Crippen LogP contribution in [0.5, 0.6) is 5.75 Å². The van der Waals surface area contributed by atoms with Crippen molar-refractivity contribution in [1.82, 2.24) is 0 Å². The second-order valence-corrected chi connectivity index (χ2v) is 5.42. The Morgan fingerprint density at radius 2 is 1.76 bits per heavy atom. The Morgan fingerprint density at radius 1 is 1.10 bits per heavy atom. The van der Waals surface area contributed by atoms with Gasteiger partial charge in [0, 0.05) is 17.2 Å². The number of hydrogen-bond donors (Lipinski definition) is 2. The molecule has 0 aliphatic carbocycles. The highest BCUT2D eigenvalue weighted by Gasteiger charge is 2.11. The van der Waals surface area contributed by atoms with E-state index in [0.717, 1.165) is 0 Å². The third-order valence-electron chi connectivity index (χ3n) is 2.72. The quantitative estimate of drug-likeness (QED) is 0.480. The van der Waals surface area contributed by atoms with E-state index in [1.54, 1.807) is 0 Å². The Morgan fingerprint density at radius 3 is 2.43 bits per heavy atom. The minimum atomic E-state index is -0.475. The van der Waals surface area contributed by atoms with Crippen molar-refractivity contribution in [3.05, 3.63) is 62.3 Å². The SMILES string of the molecule is N=C(N)c1cc(F)ccc1COc1cc(Cl)c(Cl)cc1Cl. The van der Waals surface area contributed by atoms with Gasteiger partial charge in [-0.25, -0.2) is 4.39 Å². The first-order chi connectivity index (χ1) is 9.88. The number of nitrogens with two attached hydrogens (primary N) is 1. The van der Waals surface area contributed by atoms with Crippen LogP contribution in [-0.4, -0.2) is 5.84 Å². The van der Waals surface area contributed by atoms with Crippen LogP contribution < -0.4 is 10.5 Å². The third kappa shape index (κ3) is 3.79. The number of benzene rings is 2. The lowest BCUT2D eigenvalue weighted by Gasteiger charge is -2.12. The molecule has 110 valence electrons. The third-order valence-corrected chi connectivity index (χ3v) is 3.74. The Labute approximate surface area is 135 Å². The van der Waals surface area contributed by atoms with Gasteiger partial charge in [-0.15, -0.1) is 0 Å². The summed E-state index contributed by atoms with van der Waals surface area (Å²) in [6.45, 7) is 0.0624. The minimum Gasteiger partial charge on any atom is -0.487 e. The van der Waals surface area contributed by atoms with Gasteiger partial charge in [0.2, 0.25) is 0 Å². The average molecular weight is 348 g/mol. The van der Waals surface area contributed by atoms with E-state index in [1.165, 1.54) is 30.3 Å². The number of amidine groups is 1. The number of nitrogens with one attached hydrogen (secondary N) is 1. The van der Waals surface area contributed by atoms with Gasteiger partial charge < -0.3 is 10.5 Å². The Bertz CT molecular complexity index is 707. The Kier molecular flexibility index (Phi) is 4.93. The molecule has 7 heteroatoms. The summed E-state index contributed by atoms with van der Waals surface area (Å²) in [5, 5.41) is 8.38. The molecule has 0 atom stereocenters. The predicted molar refractivity (Wildman–Crippen MR) is 83.2 cm³/mol. The van der Waals surface area contributed by atoms with E-state index < -0.39 is 5.82 Å². The zero-order valence-corrected chi connectivity index (χ0v) is 12.9. The molecule has 2 aromatic carbocycles. The first-order valence-corrected chi connectivity index (χ1v) is 6.92. The number of nitrogen functional groups attached to an aromatic ring is 1.